The molecule has 27 heavy (non-hydrogen) atoms. The summed E-state index contributed by atoms with van der Waals surface area (Å²) < 4.78 is 8.63. The number of nitrogens with one attached hydrogen (secondary N) is 1. The molecule has 0 aromatic carbocycles. The van der Waals surface area contributed by atoms with E-state index in [1.807, 2.05) is 13.1 Å². The molecular weight excluding hydrogens is 481 g/mol. The van der Waals surface area contributed by atoms with Crippen molar-refractivity contribution in [2.24, 2.45) is 7.05 Å². The zero-order valence-electron chi connectivity index (χ0n) is 14.9. The molecule has 0 aliphatic heterocycles. The number of hydrogen-bond acceptors (Lipinski definition) is 7. The molecule has 0 saturated heterocycles. The number of ether oxygens (including phenoxy) is 1. The van der Waals surface area contributed by atoms with Gasteiger partial charge in [-0.2, -0.15) is 5.10 Å². The van der Waals surface area contributed by atoms with Gasteiger partial charge in [-0.3, -0.25) is 0 Å². The summed E-state index contributed by atoms with van der Waals surface area (Å²) in [6.07, 6.45) is 5.80. The number of aromatic nitrogens is 5. The van der Waals surface area contributed by atoms with Gasteiger partial charge in [-0.25, -0.2) is 19.6 Å². The fourth-order valence-electron chi connectivity index (χ4n) is 2.45. The van der Waals surface area contributed by atoms with E-state index < -0.39 is 0 Å². The van der Waals surface area contributed by atoms with E-state index in [1.165, 1.54) is 0 Å². The highest BCUT2D eigenvalue weighted by atomic mass is 127. The van der Waals surface area contributed by atoms with Gasteiger partial charge in [0.15, 0.2) is 5.82 Å². The maximum Gasteiger partial charge on any atom is 0.222 e. The number of aryl methyl sites for hydroxylation is 1. The number of anilines is 2. The van der Waals surface area contributed by atoms with Crippen molar-refractivity contribution in [3.05, 3.63) is 39.4 Å². The predicted molar refractivity (Wildman–Crippen MR) is 114 cm³/mol. The lowest BCUT2D eigenvalue weighted by molar-refractivity contribution is 0.280. The molecule has 10 heteroatoms. The molecule has 3 aromatic heterocycles. The van der Waals surface area contributed by atoms with E-state index in [0.717, 1.165) is 15.7 Å². The first-order valence-electron chi connectivity index (χ1n) is 8.25. The smallest absolute Gasteiger partial charge is 0.222 e. The highest BCUT2D eigenvalue weighted by molar-refractivity contribution is 14.1. The molecule has 0 aliphatic carbocycles. The van der Waals surface area contributed by atoms with Gasteiger partial charge in [0.1, 0.15) is 16.5 Å². The average Bonchev–Trinajstić information content (AvgIpc) is 2.99. The second kappa shape index (κ2) is 8.70. The molecule has 8 nitrogen and oxygen atoms in total. The van der Waals surface area contributed by atoms with Crippen LogP contribution in [0.2, 0.25) is 5.15 Å². The Kier molecular flexibility index (Phi) is 6.32. The highest BCUT2D eigenvalue weighted by Crippen LogP contribution is 2.27. The Morgan fingerprint density at radius 3 is 2.96 bits per heavy atom. The van der Waals surface area contributed by atoms with E-state index >= 15 is 0 Å². The van der Waals surface area contributed by atoms with Crippen molar-refractivity contribution < 1.29 is 4.74 Å². The van der Waals surface area contributed by atoms with Crippen molar-refractivity contribution in [1.82, 2.24) is 24.7 Å². The fraction of sp³-hybridized carbons (Fsp3) is 0.294. The normalized spacial score (nSPS) is 12.0. The van der Waals surface area contributed by atoms with Gasteiger partial charge in [0.25, 0.3) is 0 Å². The number of pyridine rings is 1. The largest absolute Gasteiger partial charge is 0.477 e. The van der Waals surface area contributed by atoms with Crippen molar-refractivity contribution in [3.8, 4) is 17.3 Å². The van der Waals surface area contributed by atoms with Gasteiger partial charge in [0.2, 0.25) is 5.88 Å². The van der Waals surface area contributed by atoms with Gasteiger partial charge in [0.05, 0.1) is 22.1 Å². The van der Waals surface area contributed by atoms with Crippen molar-refractivity contribution >= 4 is 45.7 Å². The third-order valence-electron chi connectivity index (χ3n) is 3.82. The van der Waals surface area contributed by atoms with Crippen LogP contribution in [0.15, 0.2) is 30.7 Å². The number of nitrogens with two attached hydrogens (primary N) is 1. The molecular formula is C17H19ClIN7O. The van der Waals surface area contributed by atoms with Gasteiger partial charge >= 0.3 is 0 Å². The Balaban J connectivity index is 1.62. The maximum absolute atomic E-state index is 5.97. The molecule has 0 saturated carbocycles. The molecule has 3 heterocycles. The number of rotatable bonds is 7. The van der Waals surface area contributed by atoms with Crippen LogP contribution in [0.1, 0.15) is 13.3 Å². The third-order valence-corrected chi connectivity index (χ3v) is 4.88. The molecule has 3 aromatic rings. The molecule has 0 amide bonds. The first kappa shape index (κ1) is 19.6. The van der Waals surface area contributed by atoms with Gasteiger partial charge < -0.3 is 15.8 Å². The number of hydrogen-bond donors (Lipinski definition) is 2. The Morgan fingerprint density at radius 2 is 2.19 bits per heavy atom. The van der Waals surface area contributed by atoms with E-state index in [-0.39, 0.29) is 6.04 Å². The van der Waals surface area contributed by atoms with Gasteiger partial charge in [0, 0.05) is 31.9 Å². The Labute approximate surface area is 175 Å². The first-order chi connectivity index (χ1) is 12.9. The second-order valence-corrected chi connectivity index (χ2v) is 7.51. The summed E-state index contributed by atoms with van der Waals surface area (Å²) in [5.41, 5.74) is 7.41. The monoisotopic (exact) mass is 499 g/mol. The zero-order chi connectivity index (χ0) is 19.4. The summed E-state index contributed by atoms with van der Waals surface area (Å²) in [6.45, 7) is 2.58. The third kappa shape index (κ3) is 4.98. The summed E-state index contributed by atoms with van der Waals surface area (Å²) >= 11 is 8.19. The van der Waals surface area contributed by atoms with Crippen LogP contribution in [0.5, 0.6) is 5.88 Å². The maximum atomic E-state index is 5.97. The average molecular weight is 500 g/mol. The Hall–Kier alpha value is -2.14. The van der Waals surface area contributed by atoms with Crippen LogP contribution in [0, 0.1) is 3.57 Å². The number of halogens is 2. The summed E-state index contributed by atoms with van der Waals surface area (Å²) in [7, 11) is 1.81. The Morgan fingerprint density at radius 1 is 1.37 bits per heavy atom. The van der Waals surface area contributed by atoms with Crippen LogP contribution < -0.4 is 15.8 Å². The number of nitrogens with zero attached hydrogens (tertiary/aromatic N) is 5. The van der Waals surface area contributed by atoms with Crippen LogP contribution >= 0.6 is 34.2 Å². The summed E-state index contributed by atoms with van der Waals surface area (Å²) in [5, 5.41) is 8.13. The lowest BCUT2D eigenvalue weighted by atomic mass is 10.2. The van der Waals surface area contributed by atoms with Crippen LogP contribution in [0.4, 0.5) is 11.5 Å². The Bertz CT molecular complexity index is 933. The molecule has 0 bridgehead atoms. The first-order valence-corrected chi connectivity index (χ1v) is 9.71. The summed E-state index contributed by atoms with van der Waals surface area (Å²) in [6, 6.07) is 3.63. The van der Waals surface area contributed by atoms with Crippen molar-refractivity contribution in [3.63, 3.8) is 0 Å². The minimum absolute atomic E-state index is 0.178. The van der Waals surface area contributed by atoms with E-state index in [4.69, 9.17) is 22.1 Å². The van der Waals surface area contributed by atoms with Crippen molar-refractivity contribution in [2.45, 2.75) is 19.4 Å². The molecule has 3 rings (SSSR count). The van der Waals surface area contributed by atoms with E-state index in [2.05, 4.69) is 54.9 Å². The van der Waals surface area contributed by atoms with Gasteiger partial charge in [-0.1, -0.05) is 11.6 Å². The highest BCUT2D eigenvalue weighted by Gasteiger charge is 2.15. The number of nitrogen functional groups attached to an aromatic ring is 1. The minimum atomic E-state index is 0.178. The van der Waals surface area contributed by atoms with Crippen LogP contribution in [0.3, 0.4) is 0 Å². The van der Waals surface area contributed by atoms with Crippen molar-refractivity contribution in [2.75, 3.05) is 17.7 Å². The lowest BCUT2D eigenvalue weighted by Gasteiger charge is -2.17. The second-order valence-electron chi connectivity index (χ2n) is 5.96. The molecule has 142 valence electrons. The van der Waals surface area contributed by atoms with Crippen LogP contribution in [-0.4, -0.2) is 37.4 Å². The predicted octanol–water partition coefficient (Wildman–Crippen LogP) is 3.38. The SMILES string of the molecule is C[C@H](CCOc1c(-c2nccc(N)n2)cnn1C)Nc1cc(Cl)ncc1I. The molecule has 3 N–H and O–H groups in total. The van der Waals surface area contributed by atoms with Gasteiger partial charge in [-0.15, -0.1) is 0 Å². The van der Waals surface area contributed by atoms with Gasteiger partial charge in [-0.05, 0) is 41.6 Å². The topological polar surface area (TPSA) is 104 Å². The molecule has 0 radical (unpaired) electrons. The standard InChI is InChI=1S/C17H19ClIN7O/c1-10(24-13-7-14(18)22-9-12(13)19)4-6-27-17-11(8-23-26(17)2)16-21-5-3-15(20)25-16/h3,5,7-10H,4,6H2,1-2H3,(H,22,24)(H2,20,21,25)/t10-/m1/s1. The van der Waals surface area contributed by atoms with E-state index in [0.29, 0.717) is 34.8 Å². The summed E-state index contributed by atoms with van der Waals surface area (Å²) in [4.78, 5) is 12.5. The van der Waals surface area contributed by atoms with Crippen LogP contribution in [0.25, 0.3) is 11.4 Å². The van der Waals surface area contributed by atoms with Crippen LogP contribution in [-0.2, 0) is 7.05 Å². The quantitative estimate of drug-likeness (QED) is 0.379. The molecule has 0 unspecified atom stereocenters. The fourth-order valence-corrected chi connectivity index (χ4v) is 3.06. The lowest BCUT2D eigenvalue weighted by Crippen LogP contribution is -2.19. The summed E-state index contributed by atoms with van der Waals surface area (Å²) in [5.74, 6) is 1.50. The molecule has 0 spiro atoms. The molecule has 0 aliphatic rings. The van der Waals surface area contributed by atoms with Crippen molar-refractivity contribution in [1.29, 1.82) is 0 Å². The zero-order valence-corrected chi connectivity index (χ0v) is 17.8. The van der Waals surface area contributed by atoms with E-state index in [1.54, 1.807) is 29.3 Å². The van der Waals surface area contributed by atoms with E-state index in [9.17, 15) is 0 Å². The molecule has 1 atom stereocenters. The minimum Gasteiger partial charge on any atom is -0.477 e. The molecule has 0 fully saturated rings.